The number of ether oxygens (including phenoxy) is 1. The maximum atomic E-state index is 13.7. The zero-order chi connectivity index (χ0) is 34.8. The van der Waals surface area contributed by atoms with Crippen LogP contribution in [0.25, 0.3) is 27.9 Å². The van der Waals surface area contributed by atoms with E-state index < -0.39 is 42.5 Å². The number of alkyl carbamates (subject to hydrolysis) is 1. The molecule has 2 fully saturated rings. The van der Waals surface area contributed by atoms with Gasteiger partial charge in [-0.1, -0.05) is 0 Å². The van der Waals surface area contributed by atoms with Crippen molar-refractivity contribution in [3.63, 3.8) is 0 Å². The lowest BCUT2D eigenvalue weighted by atomic mass is 10.1. The molecule has 15 nitrogen and oxygen atoms in total. The number of pyridine rings is 2. The predicted octanol–water partition coefficient (Wildman–Crippen LogP) is 3.32. The molecule has 0 radical (unpaired) electrons. The van der Waals surface area contributed by atoms with Gasteiger partial charge in [0, 0.05) is 35.8 Å². The predicted molar refractivity (Wildman–Crippen MR) is 160 cm³/mol. The number of amides is 1. The SMILES string of the molecule is [2H]C([2H])([2H])n1c(=O)n([C@@H]2CC[C@@H](NC(=O)OC)C2)c2cc(Nc3ccc4c(n3)n(-c3cnn(C(F)F)c3)c(=O)n4CC3(C#N)CC3)ncc21. The van der Waals surface area contributed by atoms with Crippen LogP contribution in [0, 0.1) is 16.7 Å². The molecule has 7 rings (SSSR count). The van der Waals surface area contributed by atoms with Crippen LogP contribution >= 0.6 is 0 Å². The van der Waals surface area contributed by atoms with Crippen LogP contribution in [0.5, 0.6) is 0 Å². The monoisotopic (exact) mass is 636 g/mol. The van der Waals surface area contributed by atoms with Gasteiger partial charge in [0.2, 0.25) is 0 Å². The van der Waals surface area contributed by atoms with E-state index >= 15 is 0 Å². The number of aryl methyl sites for hydroxylation is 1. The minimum atomic E-state index is -2.94. The Morgan fingerprint density at radius 3 is 2.72 bits per heavy atom. The fraction of sp³-hybridized carbons (Fsp3) is 0.414. The number of nitrogens with zero attached hydrogens (tertiary/aromatic N) is 9. The molecule has 0 bridgehead atoms. The topological polar surface area (TPSA) is 172 Å². The van der Waals surface area contributed by atoms with Gasteiger partial charge in [0.25, 0.3) is 0 Å². The van der Waals surface area contributed by atoms with Gasteiger partial charge in [-0.2, -0.15) is 19.1 Å². The molecule has 0 aromatic carbocycles. The first-order valence-electron chi connectivity index (χ1n) is 15.9. The lowest BCUT2D eigenvalue weighted by Gasteiger charge is -2.14. The second-order valence-corrected chi connectivity index (χ2v) is 11.6. The summed E-state index contributed by atoms with van der Waals surface area (Å²) in [6, 6.07) is 6.24. The number of nitriles is 1. The summed E-state index contributed by atoms with van der Waals surface area (Å²) >= 11 is 0. The van der Waals surface area contributed by atoms with Gasteiger partial charge >= 0.3 is 24.0 Å². The molecule has 0 unspecified atom stereocenters. The standard InChI is InChI=1S/C29H29F2N11O4/c1-38-21-12-33-23(10-20(21)41(27(38)44)17-4-3-16(9-17)35-26(43)46-2)36-22-6-5-19-24(37-22)42(18-11-34-40(13-18)25(30)31)28(45)39(19)15-29(14-32)7-8-29/h5-6,10-13,16-17,25H,3-4,7-9,15H2,1-2H3,(H,35,43)(H,33,36,37)/t16-,17-/m1/s1/i1D3. The number of rotatable bonds is 8. The summed E-state index contributed by atoms with van der Waals surface area (Å²) in [6.45, 7) is -5.64. The molecule has 238 valence electrons. The quantitative estimate of drug-likeness (QED) is 0.259. The van der Waals surface area contributed by atoms with Crippen molar-refractivity contribution in [1.82, 2.24) is 43.3 Å². The van der Waals surface area contributed by atoms with Crippen LogP contribution in [-0.4, -0.2) is 57.3 Å². The number of anilines is 2. The molecule has 46 heavy (non-hydrogen) atoms. The maximum Gasteiger partial charge on any atom is 0.407 e. The number of carbonyl (C=O) groups is 1. The van der Waals surface area contributed by atoms with E-state index in [4.69, 9.17) is 4.11 Å². The van der Waals surface area contributed by atoms with E-state index in [2.05, 4.69) is 36.5 Å². The molecule has 2 atom stereocenters. The van der Waals surface area contributed by atoms with Crippen molar-refractivity contribution >= 4 is 39.9 Å². The Balaban J connectivity index is 1.29. The van der Waals surface area contributed by atoms with Crippen LogP contribution < -0.4 is 22.0 Å². The Kier molecular flexibility index (Phi) is 6.06. The van der Waals surface area contributed by atoms with Crippen LogP contribution in [-0.2, 0) is 18.3 Å². The highest BCUT2D eigenvalue weighted by atomic mass is 19.3. The van der Waals surface area contributed by atoms with Gasteiger partial charge < -0.3 is 15.4 Å². The third kappa shape index (κ3) is 4.86. The zero-order valence-corrected chi connectivity index (χ0v) is 24.4. The summed E-state index contributed by atoms with van der Waals surface area (Å²) in [6.07, 6.45) is 5.42. The highest BCUT2D eigenvalue weighted by molar-refractivity contribution is 5.80. The Morgan fingerprint density at radius 2 is 2.02 bits per heavy atom. The van der Waals surface area contributed by atoms with Crippen LogP contribution in [0.4, 0.5) is 25.2 Å². The molecule has 0 saturated heterocycles. The number of methoxy groups -OCH3 is 1. The first-order valence-corrected chi connectivity index (χ1v) is 14.4. The molecule has 5 aromatic rings. The normalized spacial score (nSPS) is 19.9. The first-order chi connectivity index (χ1) is 23.3. The van der Waals surface area contributed by atoms with Crippen LogP contribution in [0.15, 0.2) is 46.4 Å². The average Bonchev–Trinajstić information content (AvgIpc) is 3.34. The van der Waals surface area contributed by atoms with Crippen molar-refractivity contribution in [2.24, 2.45) is 12.4 Å². The van der Waals surface area contributed by atoms with E-state index in [1.54, 1.807) is 12.1 Å². The van der Waals surface area contributed by atoms with Gasteiger partial charge in [0.1, 0.15) is 11.6 Å². The molecular formula is C29H29F2N11O4. The second kappa shape index (κ2) is 10.8. The third-order valence-electron chi connectivity index (χ3n) is 8.67. The van der Waals surface area contributed by atoms with Gasteiger partial charge in [0.05, 0.1) is 59.4 Å². The minimum Gasteiger partial charge on any atom is -0.453 e. The van der Waals surface area contributed by atoms with E-state index in [-0.39, 0.29) is 46.6 Å². The molecule has 5 heterocycles. The van der Waals surface area contributed by atoms with Crippen molar-refractivity contribution in [2.45, 2.75) is 57.3 Å². The lowest BCUT2D eigenvalue weighted by molar-refractivity contribution is 0.0566. The number of halogens is 2. The molecule has 0 aliphatic heterocycles. The summed E-state index contributed by atoms with van der Waals surface area (Å²) in [5.74, 6) is 0.388. The summed E-state index contributed by atoms with van der Waals surface area (Å²) in [7, 11) is 1.25. The molecule has 0 spiro atoms. The summed E-state index contributed by atoms with van der Waals surface area (Å²) in [5.41, 5.74) is -1.15. The molecule has 2 N–H and O–H groups in total. The van der Waals surface area contributed by atoms with Crippen molar-refractivity contribution in [3.05, 3.63) is 57.8 Å². The number of nitrogens with one attached hydrogen (secondary N) is 2. The number of hydrogen-bond donors (Lipinski definition) is 2. The van der Waals surface area contributed by atoms with Crippen LogP contribution in [0.1, 0.15) is 48.8 Å². The van der Waals surface area contributed by atoms with E-state index in [1.165, 1.54) is 28.5 Å². The van der Waals surface area contributed by atoms with Crippen molar-refractivity contribution in [2.75, 3.05) is 12.4 Å². The molecule has 2 saturated carbocycles. The van der Waals surface area contributed by atoms with E-state index in [0.717, 1.165) is 17.0 Å². The number of carbonyl (C=O) groups excluding carboxylic acids is 1. The zero-order valence-electron chi connectivity index (χ0n) is 27.4. The minimum absolute atomic E-state index is 0.0478. The van der Waals surface area contributed by atoms with E-state index in [1.807, 2.05) is 0 Å². The Bertz CT molecular complexity index is 2280. The molecular weight excluding hydrogens is 604 g/mol. The largest absolute Gasteiger partial charge is 0.453 e. The van der Waals surface area contributed by atoms with Gasteiger partial charge in [-0.25, -0.2) is 33.6 Å². The van der Waals surface area contributed by atoms with E-state index in [9.17, 15) is 28.4 Å². The number of hydrogen-bond acceptors (Lipinski definition) is 9. The first kappa shape index (κ1) is 25.8. The Labute approximate surface area is 262 Å². The molecule has 2 aliphatic carbocycles. The van der Waals surface area contributed by atoms with Crippen LogP contribution in [0.2, 0.25) is 0 Å². The highest BCUT2D eigenvalue weighted by Gasteiger charge is 2.44. The highest BCUT2D eigenvalue weighted by Crippen LogP contribution is 2.46. The maximum absolute atomic E-state index is 13.7. The van der Waals surface area contributed by atoms with Gasteiger partial charge in [-0.05, 0) is 44.2 Å². The molecule has 1 amide bonds. The van der Waals surface area contributed by atoms with Gasteiger partial charge in [-0.3, -0.25) is 13.7 Å². The Morgan fingerprint density at radius 1 is 1.20 bits per heavy atom. The Hall–Kier alpha value is -5.53. The molecule has 2 aliphatic rings. The molecule has 17 heteroatoms. The van der Waals surface area contributed by atoms with Gasteiger partial charge in [0.15, 0.2) is 5.65 Å². The number of imidazole rings is 2. The smallest absolute Gasteiger partial charge is 0.407 e. The molecule has 5 aromatic heterocycles. The summed E-state index contributed by atoms with van der Waals surface area (Å²) in [5, 5.41) is 19.1. The van der Waals surface area contributed by atoms with E-state index in [0.29, 0.717) is 46.9 Å². The number of alkyl halides is 2. The van der Waals surface area contributed by atoms with Crippen LogP contribution in [0.3, 0.4) is 0 Å². The second-order valence-electron chi connectivity index (χ2n) is 11.6. The summed E-state index contributed by atoms with van der Waals surface area (Å²) in [4.78, 5) is 48.0. The van der Waals surface area contributed by atoms with Crippen molar-refractivity contribution in [1.29, 1.82) is 5.26 Å². The lowest BCUT2D eigenvalue weighted by Crippen LogP contribution is -2.33. The third-order valence-corrected chi connectivity index (χ3v) is 8.67. The fourth-order valence-corrected chi connectivity index (χ4v) is 6.11. The van der Waals surface area contributed by atoms with Crippen molar-refractivity contribution < 1.29 is 22.4 Å². The van der Waals surface area contributed by atoms with Gasteiger partial charge in [-0.15, -0.1) is 0 Å². The number of fused-ring (bicyclic) bond motifs is 2. The van der Waals surface area contributed by atoms with Crippen molar-refractivity contribution in [3.8, 4) is 11.8 Å². The number of aromatic nitrogens is 8. The fourth-order valence-electron chi connectivity index (χ4n) is 6.11. The average molecular weight is 637 g/mol. The summed E-state index contributed by atoms with van der Waals surface area (Å²) < 4.78 is 60.5.